The summed E-state index contributed by atoms with van der Waals surface area (Å²) in [6, 6.07) is 79.5. The molecule has 11 aromatic carbocycles. The zero-order valence-corrected chi connectivity index (χ0v) is 35.1. The van der Waals surface area contributed by atoms with Crippen molar-refractivity contribution in [2.45, 2.75) is 0 Å². The van der Waals surface area contributed by atoms with E-state index in [0.29, 0.717) is 17.5 Å². The highest BCUT2D eigenvalue weighted by molar-refractivity contribution is 6.26. The average molecular weight is 828 g/mol. The summed E-state index contributed by atoms with van der Waals surface area (Å²) in [4.78, 5) is 14.7. The van der Waals surface area contributed by atoms with E-state index in [4.69, 9.17) is 19.4 Å². The van der Waals surface area contributed by atoms with Gasteiger partial charge in [-0.2, -0.15) is 0 Å². The van der Waals surface area contributed by atoms with Gasteiger partial charge in [-0.25, -0.2) is 15.0 Å². The van der Waals surface area contributed by atoms with Crippen LogP contribution in [0.5, 0.6) is 0 Å². The third kappa shape index (κ3) is 6.26. The van der Waals surface area contributed by atoms with Crippen LogP contribution in [-0.4, -0.2) is 15.0 Å². The number of hydrogen-bond acceptors (Lipinski definition) is 4. The fourth-order valence-corrected chi connectivity index (χ4v) is 9.70. The second-order valence-electron chi connectivity index (χ2n) is 16.7. The molecule has 13 rings (SSSR count). The Labute approximate surface area is 374 Å². The molecule has 0 amide bonds. The molecule has 2 heterocycles. The van der Waals surface area contributed by atoms with Crippen LogP contribution in [0.1, 0.15) is 0 Å². The van der Waals surface area contributed by atoms with Gasteiger partial charge in [0.05, 0.1) is 0 Å². The van der Waals surface area contributed by atoms with Gasteiger partial charge in [-0.05, 0) is 95.3 Å². The molecule has 0 fully saturated rings. The Balaban J connectivity index is 0.837. The molecule has 0 saturated heterocycles. The molecule has 0 N–H and O–H groups in total. The van der Waals surface area contributed by atoms with Gasteiger partial charge in [0.15, 0.2) is 17.5 Å². The zero-order valence-electron chi connectivity index (χ0n) is 35.1. The van der Waals surface area contributed by atoms with Crippen molar-refractivity contribution in [3.05, 3.63) is 224 Å². The maximum atomic E-state index is 6.79. The lowest BCUT2D eigenvalue weighted by Crippen LogP contribution is -2.00. The number of nitrogens with zero attached hydrogens (tertiary/aromatic N) is 3. The number of fused-ring (bicyclic) bond motifs is 11. The smallest absolute Gasteiger partial charge is 0.164 e. The molecule has 2 aromatic heterocycles. The fourth-order valence-electron chi connectivity index (χ4n) is 9.70. The Hall–Kier alpha value is -8.73. The van der Waals surface area contributed by atoms with Crippen LogP contribution in [0.2, 0.25) is 0 Å². The lowest BCUT2D eigenvalue weighted by Gasteiger charge is -2.13. The lowest BCUT2D eigenvalue weighted by atomic mass is 9.90. The molecule has 302 valence electrons. The van der Waals surface area contributed by atoms with Crippen molar-refractivity contribution in [1.29, 1.82) is 0 Å². The van der Waals surface area contributed by atoms with E-state index >= 15 is 0 Å². The maximum Gasteiger partial charge on any atom is 0.164 e. The minimum Gasteiger partial charge on any atom is -0.455 e. The molecule has 4 heteroatoms. The Morgan fingerprint density at radius 3 is 1.17 bits per heavy atom. The molecule has 13 aromatic rings. The second kappa shape index (κ2) is 15.0. The van der Waals surface area contributed by atoms with Gasteiger partial charge in [-0.15, -0.1) is 0 Å². The normalized spacial score (nSPS) is 11.7. The SMILES string of the molecule is c1ccc(-c2nc(-c3ccccc3)nc(-c3ccc(-c4ccc(-c5ccc6c(c5)oc5c7ccccc7c(-c7ccc8c9ccccc9c9ccccc9c8c7)cc65)cc4)cc3)n2)cc1. The van der Waals surface area contributed by atoms with Crippen LogP contribution in [0.4, 0.5) is 0 Å². The van der Waals surface area contributed by atoms with Crippen LogP contribution in [0.15, 0.2) is 229 Å². The van der Waals surface area contributed by atoms with Gasteiger partial charge in [0.25, 0.3) is 0 Å². The maximum absolute atomic E-state index is 6.79. The second-order valence-corrected chi connectivity index (χ2v) is 16.7. The number of furan rings is 1. The third-order valence-corrected chi connectivity index (χ3v) is 12.9. The van der Waals surface area contributed by atoms with Crippen LogP contribution < -0.4 is 0 Å². The first kappa shape index (κ1) is 36.9. The van der Waals surface area contributed by atoms with E-state index in [1.165, 1.54) is 48.8 Å². The minimum atomic E-state index is 0.640. The van der Waals surface area contributed by atoms with Crippen LogP contribution in [-0.2, 0) is 0 Å². The number of benzene rings is 11. The van der Waals surface area contributed by atoms with Gasteiger partial charge in [0.2, 0.25) is 0 Å². The van der Waals surface area contributed by atoms with Crippen LogP contribution in [0.3, 0.4) is 0 Å². The number of aromatic nitrogens is 3. The summed E-state index contributed by atoms with van der Waals surface area (Å²) in [6.07, 6.45) is 0. The number of rotatable bonds is 6. The molecule has 0 bridgehead atoms. The Bertz CT molecular complexity index is 3880. The monoisotopic (exact) mass is 827 g/mol. The highest BCUT2D eigenvalue weighted by Crippen LogP contribution is 2.43. The molecule has 0 spiro atoms. The van der Waals surface area contributed by atoms with Crippen molar-refractivity contribution in [3.63, 3.8) is 0 Å². The van der Waals surface area contributed by atoms with Gasteiger partial charge in [-0.1, -0.05) is 200 Å². The molecule has 0 saturated carbocycles. The Morgan fingerprint density at radius 1 is 0.231 bits per heavy atom. The molecule has 65 heavy (non-hydrogen) atoms. The van der Waals surface area contributed by atoms with Crippen LogP contribution in [0.25, 0.3) is 133 Å². The summed E-state index contributed by atoms with van der Waals surface area (Å²) < 4.78 is 6.79. The highest BCUT2D eigenvalue weighted by atomic mass is 16.3. The lowest BCUT2D eigenvalue weighted by molar-refractivity contribution is 0.673. The molecule has 0 aliphatic heterocycles. The van der Waals surface area contributed by atoms with Crippen molar-refractivity contribution in [2.75, 3.05) is 0 Å². The van der Waals surface area contributed by atoms with Gasteiger partial charge in [0, 0.05) is 32.8 Å². The van der Waals surface area contributed by atoms with Gasteiger partial charge < -0.3 is 4.42 Å². The molecule has 0 unspecified atom stereocenters. The molecular formula is C61H37N3O. The summed E-state index contributed by atoms with van der Waals surface area (Å²) >= 11 is 0. The summed E-state index contributed by atoms with van der Waals surface area (Å²) in [5, 5.41) is 12.2. The first-order valence-electron chi connectivity index (χ1n) is 22.0. The van der Waals surface area contributed by atoms with E-state index in [-0.39, 0.29) is 0 Å². The van der Waals surface area contributed by atoms with Crippen molar-refractivity contribution in [3.8, 4) is 67.5 Å². The van der Waals surface area contributed by atoms with Crippen molar-refractivity contribution in [2.24, 2.45) is 0 Å². The molecule has 0 atom stereocenters. The number of hydrogen-bond donors (Lipinski definition) is 0. The van der Waals surface area contributed by atoms with E-state index in [0.717, 1.165) is 66.3 Å². The molecule has 0 aliphatic rings. The van der Waals surface area contributed by atoms with Gasteiger partial charge in [0.1, 0.15) is 11.2 Å². The summed E-state index contributed by atoms with van der Waals surface area (Å²) in [5.74, 6) is 1.94. The highest BCUT2D eigenvalue weighted by Gasteiger charge is 2.18. The largest absolute Gasteiger partial charge is 0.455 e. The Morgan fingerprint density at radius 2 is 0.615 bits per heavy atom. The van der Waals surface area contributed by atoms with E-state index in [9.17, 15) is 0 Å². The van der Waals surface area contributed by atoms with E-state index in [1.807, 2.05) is 60.7 Å². The van der Waals surface area contributed by atoms with Gasteiger partial charge >= 0.3 is 0 Å². The standard InChI is InChI=1S/C61H37N3O/c1-3-13-41(14-4-1)59-62-60(42-15-5-2-6-16-42)64-61(63-59)43-29-27-39(28-30-43)38-23-25-40(26-24-38)44-31-34-52-56-37-54(50-21-11-12-22-53(50)58(56)65-57(52)36-44)45-32-33-51-48-19-8-7-17-46(48)47-18-9-10-20-49(47)55(51)35-45/h1-37H. The summed E-state index contributed by atoms with van der Waals surface area (Å²) in [7, 11) is 0. The first-order chi connectivity index (χ1) is 32.2. The minimum absolute atomic E-state index is 0.640. The molecular weight excluding hydrogens is 791 g/mol. The molecule has 4 nitrogen and oxygen atoms in total. The quantitative estimate of drug-likeness (QED) is 0.157. The topological polar surface area (TPSA) is 51.8 Å². The summed E-state index contributed by atoms with van der Waals surface area (Å²) in [5.41, 5.74) is 11.5. The zero-order chi connectivity index (χ0) is 42.8. The van der Waals surface area contributed by atoms with Crippen LogP contribution >= 0.6 is 0 Å². The predicted octanol–water partition coefficient (Wildman–Crippen LogP) is 16.4. The van der Waals surface area contributed by atoms with Gasteiger partial charge in [-0.3, -0.25) is 0 Å². The Kier molecular flexibility index (Phi) is 8.50. The molecule has 0 radical (unpaired) electrons. The fraction of sp³-hybridized carbons (Fsp3) is 0. The van der Waals surface area contributed by atoms with E-state index in [2.05, 4.69) is 164 Å². The summed E-state index contributed by atoms with van der Waals surface area (Å²) in [6.45, 7) is 0. The molecule has 0 aliphatic carbocycles. The third-order valence-electron chi connectivity index (χ3n) is 12.9. The first-order valence-corrected chi connectivity index (χ1v) is 22.0. The van der Waals surface area contributed by atoms with E-state index in [1.54, 1.807) is 0 Å². The van der Waals surface area contributed by atoms with E-state index < -0.39 is 0 Å². The van der Waals surface area contributed by atoms with Crippen LogP contribution in [0, 0.1) is 0 Å². The van der Waals surface area contributed by atoms with Crippen molar-refractivity contribution in [1.82, 2.24) is 15.0 Å². The average Bonchev–Trinajstić information content (AvgIpc) is 3.77. The predicted molar refractivity (Wildman–Crippen MR) is 270 cm³/mol. The van der Waals surface area contributed by atoms with Crippen molar-refractivity contribution < 1.29 is 4.42 Å². The van der Waals surface area contributed by atoms with Crippen molar-refractivity contribution >= 4 is 65.0 Å².